The molecule has 0 aliphatic rings. The molecule has 1 unspecified atom stereocenters. The number of aromatic amines is 1. The number of carbonyl (C=O) groups is 2. The fourth-order valence-corrected chi connectivity index (χ4v) is 4.02. The van der Waals surface area contributed by atoms with E-state index in [1.165, 1.54) is 19.0 Å². The van der Waals surface area contributed by atoms with Crippen LogP contribution in [0.3, 0.4) is 0 Å². The maximum absolute atomic E-state index is 13.8. The highest BCUT2D eigenvalue weighted by Gasteiger charge is 2.33. The van der Waals surface area contributed by atoms with Crippen LogP contribution in [0.5, 0.6) is 0 Å². The van der Waals surface area contributed by atoms with Crippen molar-refractivity contribution in [2.45, 2.75) is 38.8 Å². The van der Waals surface area contributed by atoms with E-state index in [0.29, 0.717) is 11.2 Å². The maximum Gasteiger partial charge on any atom is 0.410 e. The third-order valence-corrected chi connectivity index (χ3v) is 5.77. The number of nitrogens with one attached hydrogen (secondary N) is 1. The van der Waals surface area contributed by atoms with Crippen molar-refractivity contribution in [2.24, 2.45) is 0 Å². The molecule has 0 bridgehead atoms. The van der Waals surface area contributed by atoms with Gasteiger partial charge in [0, 0.05) is 32.3 Å². The van der Waals surface area contributed by atoms with E-state index in [1.807, 2.05) is 0 Å². The molecule has 0 radical (unpaired) electrons. The van der Waals surface area contributed by atoms with Crippen LogP contribution in [-0.2, 0) is 16.0 Å². The van der Waals surface area contributed by atoms with Crippen molar-refractivity contribution in [1.29, 1.82) is 0 Å². The summed E-state index contributed by atoms with van der Waals surface area (Å²) in [5, 5.41) is 0. The van der Waals surface area contributed by atoms with Crippen molar-refractivity contribution in [2.75, 3.05) is 19.0 Å². The Morgan fingerprint density at radius 1 is 1.09 bits per heavy atom. The number of thiazole rings is 1. The van der Waals surface area contributed by atoms with Gasteiger partial charge in [0.15, 0.2) is 0 Å². The summed E-state index contributed by atoms with van der Waals surface area (Å²) in [4.78, 5) is 42.7. The Balaban J connectivity index is 1.95. The quantitative estimate of drug-likeness (QED) is 0.594. The summed E-state index contributed by atoms with van der Waals surface area (Å²) in [5.41, 5.74) is 0.472. The number of hydrogen-bond acceptors (Lipinski definition) is 5. The standard InChI is InChI=1S/C23H25F2N3O4S/c1-23(2,3)32-22(31)28(5)18(10-13-8-14(24)11-15(25)9-13)20(29)27(4)16-6-7-19-17(12-16)26-21(30)33-19/h6-9,11-12,18H,10H2,1-5H3,(H,26,30). The molecule has 3 rings (SSSR count). The molecule has 176 valence electrons. The molecule has 0 saturated carbocycles. The molecule has 1 N–H and O–H groups in total. The Hall–Kier alpha value is -3.27. The van der Waals surface area contributed by atoms with Crippen LogP contribution in [0, 0.1) is 11.6 Å². The fourth-order valence-electron chi connectivity index (χ4n) is 3.30. The summed E-state index contributed by atoms with van der Waals surface area (Å²) in [5.74, 6) is -2.06. The zero-order valence-electron chi connectivity index (χ0n) is 18.9. The van der Waals surface area contributed by atoms with Gasteiger partial charge in [-0.3, -0.25) is 14.5 Å². The lowest BCUT2D eigenvalue weighted by molar-refractivity contribution is -0.123. The lowest BCUT2D eigenvalue weighted by Crippen LogP contribution is -2.50. The predicted octanol–water partition coefficient (Wildman–Crippen LogP) is 4.31. The largest absolute Gasteiger partial charge is 0.444 e. The number of rotatable bonds is 5. The summed E-state index contributed by atoms with van der Waals surface area (Å²) in [7, 11) is 2.93. The van der Waals surface area contributed by atoms with Gasteiger partial charge in [0.2, 0.25) is 5.91 Å². The number of anilines is 1. The van der Waals surface area contributed by atoms with E-state index in [-0.39, 0.29) is 16.9 Å². The molecule has 0 saturated heterocycles. The number of amides is 2. The van der Waals surface area contributed by atoms with E-state index in [4.69, 9.17) is 4.74 Å². The van der Waals surface area contributed by atoms with Gasteiger partial charge in [-0.05, 0) is 56.7 Å². The van der Waals surface area contributed by atoms with Gasteiger partial charge in [-0.15, -0.1) is 0 Å². The van der Waals surface area contributed by atoms with Crippen molar-refractivity contribution < 1.29 is 23.1 Å². The summed E-state index contributed by atoms with van der Waals surface area (Å²) >= 11 is 1.05. The Morgan fingerprint density at radius 2 is 1.73 bits per heavy atom. The van der Waals surface area contributed by atoms with E-state index in [0.717, 1.165) is 39.1 Å². The maximum atomic E-state index is 13.8. The fraction of sp³-hybridized carbons (Fsp3) is 0.348. The number of benzene rings is 2. The van der Waals surface area contributed by atoms with Crippen LogP contribution in [0.1, 0.15) is 26.3 Å². The number of nitrogens with zero attached hydrogens (tertiary/aromatic N) is 2. The van der Waals surface area contributed by atoms with Crippen LogP contribution in [0.4, 0.5) is 19.3 Å². The van der Waals surface area contributed by atoms with Crippen LogP contribution < -0.4 is 9.77 Å². The van der Waals surface area contributed by atoms with Crippen molar-refractivity contribution >= 4 is 39.2 Å². The second-order valence-corrected chi connectivity index (χ2v) is 9.70. The second-order valence-electron chi connectivity index (χ2n) is 8.68. The summed E-state index contributed by atoms with van der Waals surface area (Å²) in [6.07, 6.45) is -0.880. The van der Waals surface area contributed by atoms with E-state index < -0.39 is 35.3 Å². The van der Waals surface area contributed by atoms with Gasteiger partial charge in [0.05, 0.1) is 10.2 Å². The van der Waals surface area contributed by atoms with Gasteiger partial charge in [-0.1, -0.05) is 11.3 Å². The molecule has 33 heavy (non-hydrogen) atoms. The minimum absolute atomic E-state index is 0.134. The first-order chi connectivity index (χ1) is 15.3. The normalized spacial score (nSPS) is 12.5. The first kappa shape index (κ1) is 24.4. The smallest absolute Gasteiger partial charge is 0.410 e. The highest BCUT2D eigenvalue weighted by atomic mass is 32.1. The van der Waals surface area contributed by atoms with Gasteiger partial charge >= 0.3 is 11.0 Å². The van der Waals surface area contributed by atoms with Gasteiger partial charge in [0.1, 0.15) is 23.3 Å². The molecule has 1 aromatic heterocycles. The van der Waals surface area contributed by atoms with Gasteiger partial charge in [-0.2, -0.15) is 0 Å². The predicted molar refractivity (Wildman–Crippen MR) is 124 cm³/mol. The molecule has 0 spiro atoms. The van der Waals surface area contributed by atoms with E-state index >= 15 is 0 Å². The van der Waals surface area contributed by atoms with E-state index in [1.54, 1.807) is 39.0 Å². The van der Waals surface area contributed by atoms with E-state index in [2.05, 4.69) is 4.98 Å². The number of carbonyl (C=O) groups excluding carboxylic acids is 2. The Kier molecular flexibility index (Phi) is 6.87. The molecule has 0 aliphatic carbocycles. The van der Waals surface area contributed by atoms with Crippen molar-refractivity contribution in [1.82, 2.24) is 9.88 Å². The van der Waals surface area contributed by atoms with Crippen molar-refractivity contribution in [3.05, 3.63) is 63.3 Å². The summed E-state index contributed by atoms with van der Waals surface area (Å²) < 4.78 is 33.7. The molecule has 2 amide bonds. The van der Waals surface area contributed by atoms with Crippen molar-refractivity contribution in [3.8, 4) is 0 Å². The topological polar surface area (TPSA) is 82.7 Å². The highest BCUT2D eigenvalue weighted by Crippen LogP contribution is 2.24. The molecule has 2 aromatic carbocycles. The number of ether oxygens (including phenoxy) is 1. The Labute approximate surface area is 193 Å². The van der Waals surface area contributed by atoms with Crippen LogP contribution in [0.25, 0.3) is 10.2 Å². The second kappa shape index (κ2) is 9.30. The Bertz CT molecular complexity index is 1230. The molecule has 0 fully saturated rings. The lowest BCUT2D eigenvalue weighted by Gasteiger charge is -2.32. The summed E-state index contributed by atoms with van der Waals surface area (Å²) in [6, 6.07) is 6.91. The molecule has 7 nitrogen and oxygen atoms in total. The van der Waals surface area contributed by atoms with Gasteiger partial charge in [-0.25, -0.2) is 13.6 Å². The minimum Gasteiger partial charge on any atom is -0.444 e. The monoisotopic (exact) mass is 477 g/mol. The average Bonchev–Trinajstić information content (AvgIpc) is 3.07. The minimum atomic E-state index is -1.11. The number of fused-ring (bicyclic) bond motifs is 1. The van der Waals surface area contributed by atoms with Crippen LogP contribution >= 0.6 is 11.3 Å². The third kappa shape index (κ3) is 5.95. The first-order valence-corrected chi connectivity index (χ1v) is 11.0. The zero-order chi connectivity index (χ0) is 24.5. The van der Waals surface area contributed by atoms with Crippen molar-refractivity contribution in [3.63, 3.8) is 0 Å². The van der Waals surface area contributed by atoms with Crippen LogP contribution in [0.15, 0.2) is 41.2 Å². The SMILES string of the molecule is CN(C(=O)C(Cc1cc(F)cc(F)c1)N(C)C(=O)OC(C)(C)C)c1ccc2sc(=O)[nH]c2c1. The molecular formula is C23H25F2N3O4S. The number of hydrogen-bond donors (Lipinski definition) is 1. The number of likely N-dealkylation sites (N-methyl/N-ethyl adjacent to an activating group) is 2. The van der Waals surface area contributed by atoms with Crippen LogP contribution in [0.2, 0.25) is 0 Å². The van der Waals surface area contributed by atoms with Gasteiger partial charge in [0.25, 0.3) is 0 Å². The van der Waals surface area contributed by atoms with Crippen LogP contribution in [-0.4, -0.2) is 47.6 Å². The molecule has 1 atom stereocenters. The number of halogens is 2. The molecule has 1 heterocycles. The zero-order valence-corrected chi connectivity index (χ0v) is 19.8. The number of H-pyrrole nitrogens is 1. The summed E-state index contributed by atoms with van der Waals surface area (Å²) in [6.45, 7) is 5.08. The van der Waals surface area contributed by atoms with E-state index in [9.17, 15) is 23.2 Å². The molecular weight excluding hydrogens is 452 g/mol. The molecule has 10 heteroatoms. The first-order valence-electron chi connectivity index (χ1n) is 10.2. The average molecular weight is 478 g/mol. The lowest BCUT2D eigenvalue weighted by atomic mass is 10.0. The number of aromatic nitrogens is 1. The molecule has 3 aromatic rings. The molecule has 0 aliphatic heterocycles. The third-order valence-electron chi connectivity index (χ3n) is 4.91. The highest BCUT2D eigenvalue weighted by molar-refractivity contribution is 7.16. The van der Waals surface area contributed by atoms with Gasteiger partial charge < -0.3 is 14.6 Å². The Morgan fingerprint density at radius 3 is 2.33 bits per heavy atom.